The molecule has 2 heterocycles. The predicted molar refractivity (Wildman–Crippen MR) is 37.8 cm³/mol. The number of rotatable bonds is 0. The fourth-order valence-corrected chi connectivity index (χ4v) is 1.14. The molecule has 2 nitrogen and oxygen atoms in total. The molecule has 10 heavy (non-hydrogen) atoms. The van der Waals surface area contributed by atoms with Crippen molar-refractivity contribution in [2.45, 2.75) is 6.42 Å². The molecular weight excluding hydrogens is 126 g/mol. The monoisotopic (exact) mass is 133 g/mol. The maximum absolute atomic E-state index is 11.0. The lowest BCUT2D eigenvalue weighted by atomic mass is 10.3. The molecule has 0 radical (unpaired) electrons. The van der Waals surface area contributed by atoms with E-state index in [1.54, 1.807) is 11.1 Å². The second-order valence-corrected chi connectivity index (χ2v) is 2.30. The molecule has 0 aromatic carbocycles. The normalized spacial score (nSPS) is 21.4. The van der Waals surface area contributed by atoms with E-state index in [2.05, 4.69) is 0 Å². The first-order valence-corrected chi connectivity index (χ1v) is 3.25. The van der Waals surface area contributed by atoms with Crippen molar-refractivity contribution >= 4 is 5.91 Å². The molecule has 2 rings (SSSR count). The van der Waals surface area contributed by atoms with Crippen LogP contribution >= 0.6 is 0 Å². The average Bonchev–Trinajstić information content (AvgIpc) is 2.34. The van der Waals surface area contributed by atoms with E-state index in [4.69, 9.17) is 0 Å². The van der Waals surface area contributed by atoms with Crippen molar-refractivity contribution in [1.82, 2.24) is 4.90 Å². The first-order chi connectivity index (χ1) is 4.88. The van der Waals surface area contributed by atoms with Gasteiger partial charge in [-0.1, -0.05) is 12.2 Å². The summed E-state index contributed by atoms with van der Waals surface area (Å²) in [7, 11) is 0. The summed E-state index contributed by atoms with van der Waals surface area (Å²) in [4.78, 5) is 12.7. The van der Waals surface area contributed by atoms with E-state index in [1.807, 2.05) is 24.3 Å². The molecule has 2 aliphatic heterocycles. The second-order valence-electron chi connectivity index (χ2n) is 2.30. The molecule has 2 heteroatoms. The Balaban J connectivity index is 2.39. The number of hydrogen-bond donors (Lipinski definition) is 0. The average molecular weight is 133 g/mol. The van der Waals surface area contributed by atoms with Crippen LogP contribution in [0.3, 0.4) is 0 Å². The number of carbonyl (C=O) groups excluding carboxylic acids is 1. The van der Waals surface area contributed by atoms with Crippen molar-refractivity contribution in [1.29, 1.82) is 0 Å². The molecule has 0 unspecified atom stereocenters. The molecule has 0 atom stereocenters. The van der Waals surface area contributed by atoms with Crippen LogP contribution in [0.15, 0.2) is 36.2 Å². The summed E-state index contributed by atoms with van der Waals surface area (Å²) in [6.07, 6.45) is 10.00. The Hall–Kier alpha value is -1.31. The van der Waals surface area contributed by atoms with E-state index in [9.17, 15) is 4.79 Å². The zero-order valence-corrected chi connectivity index (χ0v) is 5.45. The third kappa shape index (κ3) is 0.620. The van der Waals surface area contributed by atoms with Gasteiger partial charge in [-0.3, -0.25) is 9.69 Å². The van der Waals surface area contributed by atoms with Crippen LogP contribution < -0.4 is 0 Å². The van der Waals surface area contributed by atoms with Gasteiger partial charge < -0.3 is 0 Å². The number of amides is 1. The Bertz CT molecular complexity index is 260. The van der Waals surface area contributed by atoms with Crippen LogP contribution in [0.4, 0.5) is 0 Å². The molecule has 50 valence electrons. The lowest BCUT2D eigenvalue weighted by molar-refractivity contribution is -0.124. The number of allylic oxidation sites excluding steroid dienone is 3. The van der Waals surface area contributed by atoms with Crippen LogP contribution in [-0.2, 0) is 4.79 Å². The van der Waals surface area contributed by atoms with E-state index >= 15 is 0 Å². The topological polar surface area (TPSA) is 20.3 Å². The van der Waals surface area contributed by atoms with Crippen LogP contribution in [0.5, 0.6) is 0 Å². The molecule has 1 amide bonds. The Labute approximate surface area is 59.1 Å². The fraction of sp³-hybridized carbons (Fsp3) is 0.125. The summed E-state index contributed by atoms with van der Waals surface area (Å²) >= 11 is 0. The van der Waals surface area contributed by atoms with Gasteiger partial charge in [0, 0.05) is 18.3 Å². The van der Waals surface area contributed by atoms with Crippen LogP contribution in [0.1, 0.15) is 6.42 Å². The van der Waals surface area contributed by atoms with Gasteiger partial charge in [0.15, 0.2) is 0 Å². The Kier molecular flexibility index (Phi) is 1.01. The standard InChI is InChI=1S/C8H7NO/c10-8-5-4-7-3-1-2-6-9(7)8/h1-4,6H,5H2. The number of hydrogen-bond acceptors (Lipinski definition) is 1. The molecule has 0 spiro atoms. The van der Waals surface area contributed by atoms with Gasteiger partial charge in [-0.15, -0.1) is 0 Å². The molecular formula is C8H7NO. The molecule has 0 aromatic rings. The van der Waals surface area contributed by atoms with Crippen molar-refractivity contribution in [3.8, 4) is 0 Å². The number of fused-ring (bicyclic) bond motifs is 1. The van der Waals surface area contributed by atoms with Gasteiger partial charge in [-0.05, 0) is 12.2 Å². The smallest absolute Gasteiger partial charge is 0.234 e. The van der Waals surface area contributed by atoms with Crippen LogP contribution in [0, 0.1) is 0 Å². The maximum Gasteiger partial charge on any atom is 0.234 e. The highest BCUT2D eigenvalue weighted by atomic mass is 16.2. The molecule has 0 saturated heterocycles. The van der Waals surface area contributed by atoms with Crippen LogP contribution in [0.25, 0.3) is 0 Å². The van der Waals surface area contributed by atoms with Gasteiger partial charge in [-0.25, -0.2) is 0 Å². The summed E-state index contributed by atoms with van der Waals surface area (Å²) in [5.41, 5.74) is 1.01. The van der Waals surface area contributed by atoms with E-state index in [1.165, 1.54) is 0 Å². The molecule has 0 bridgehead atoms. The van der Waals surface area contributed by atoms with Crippen LogP contribution in [0.2, 0.25) is 0 Å². The lowest BCUT2D eigenvalue weighted by Gasteiger charge is -2.14. The third-order valence-corrected chi connectivity index (χ3v) is 1.65. The van der Waals surface area contributed by atoms with Gasteiger partial charge in [0.2, 0.25) is 5.91 Å². The lowest BCUT2D eigenvalue weighted by Crippen LogP contribution is -2.18. The van der Waals surface area contributed by atoms with Crippen molar-refractivity contribution in [3.05, 3.63) is 36.2 Å². The highest BCUT2D eigenvalue weighted by molar-refractivity contribution is 5.84. The highest BCUT2D eigenvalue weighted by Gasteiger charge is 2.19. The summed E-state index contributed by atoms with van der Waals surface area (Å²) in [6, 6.07) is 0. The first-order valence-electron chi connectivity index (χ1n) is 3.25. The first kappa shape index (κ1) is 5.47. The maximum atomic E-state index is 11.0. The molecule has 2 aliphatic rings. The van der Waals surface area contributed by atoms with E-state index < -0.39 is 0 Å². The van der Waals surface area contributed by atoms with E-state index in [-0.39, 0.29) is 5.91 Å². The zero-order chi connectivity index (χ0) is 6.97. The third-order valence-electron chi connectivity index (χ3n) is 1.65. The summed E-state index contributed by atoms with van der Waals surface area (Å²) in [5, 5.41) is 0. The zero-order valence-electron chi connectivity index (χ0n) is 5.45. The molecule has 0 aliphatic carbocycles. The number of nitrogens with zero attached hydrogens (tertiary/aromatic N) is 1. The minimum absolute atomic E-state index is 0.163. The van der Waals surface area contributed by atoms with E-state index in [0.717, 1.165) is 5.70 Å². The van der Waals surface area contributed by atoms with E-state index in [0.29, 0.717) is 6.42 Å². The van der Waals surface area contributed by atoms with Crippen molar-refractivity contribution in [3.63, 3.8) is 0 Å². The Morgan fingerprint density at radius 1 is 1.40 bits per heavy atom. The largest absolute Gasteiger partial charge is 0.288 e. The van der Waals surface area contributed by atoms with Gasteiger partial charge in [0.05, 0.1) is 0 Å². The summed E-state index contributed by atoms with van der Waals surface area (Å²) in [6.45, 7) is 0. The highest BCUT2D eigenvalue weighted by Crippen LogP contribution is 2.20. The quantitative estimate of drug-likeness (QED) is 0.486. The Morgan fingerprint density at radius 2 is 2.30 bits per heavy atom. The predicted octanol–water partition coefficient (Wildman–Crippen LogP) is 1.19. The van der Waals surface area contributed by atoms with Crippen LogP contribution in [-0.4, -0.2) is 10.8 Å². The molecule has 0 saturated carbocycles. The SMILES string of the molecule is O=C1CC=C2C=CC=CN12. The Morgan fingerprint density at radius 3 is 3.10 bits per heavy atom. The fourth-order valence-electron chi connectivity index (χ4n) is 1.14. The molecule has 0 aromatic heterocycles. The second kappa shape index (κ2) is 1.84. The van der Waals surface area contributed by atoms with Gasteiger partial charge >= 0.3 is 0 Å². The van der Waals surface area contributed by atoms with Crippen molar-refractivity contribution in [2.75, 3.05) is 0 Å². The minimum Gasteiger partial charge on any atom is -0.288 e. The van der Waals surface area contributed by atoms with Crippen molar-refractivity contribution < 1.29 is 4.79 Å². The summed E-state index contributed by atoms with van der Waals surface area (Å²) < 4.78 is 0. The van der Waals surface area contributed by atoms with Gasteiger partial charge in [0.1, 0.15) is 0 Å². The van der Waals surface area contributed by atoms with Gasteiger partial charge in [-0.2, -0.15) is 0 Å². The molecule has 0 N–H and O–H groups in total. The number of carbonyl (C=O) groups is 1. The molecule has 0 fully saturated rings. The minimum atomic E-state index is 0.163. The van der Waals surface area contributed by atoms with Gasteiger partial charge in [0.25, 0.3) is 0 Å². The summed E-state index contributed by atoms with van der Waals surface area (Å²) in [5.74, 6) is 0.163. The van der Waals surface area contributed by atoms with Crippen molar-refractivity contribution in [2.24, 2.45) is 0 Å².